The van der Waals surface area contributed by atoms with Crippen molar-refractivity contribution in [3.63, 3.8) is 0 Å². The number of hydrogen-bond donors (Lipinski definition) is 0. The number of pyridine rings is 1. The molecule has 0 spiro atoms. The van der Waals surface area contributed by atoms with Gasteiger partial charge >= 0.3 is 0 Å². The van der Waals surface area contributed by atoms with Crippen LogP contribution in [0.4, 0.5) is 0 Å². The topological polar surface area (TPSA) is 3.88 Å². The Bertz CT molecular complexity index is 516. The lowest BCUT2D eigenvalue weighted by atomic mass is 10.0. The van der Waals surface area contributed by atoms with Gasteiger partial charge in [-0.15, -0.1) is 0 Å². The molecule has 0 amide bonds. The maximum atomic E-state index is 2.29. The van der Waals surface area contributed by atoms with Crippen LogP contribution in [0.5, 0.6) is 0 Å². The van der Waals surface area contributed by atoms with Crippen molar-refractivity contribution in [3.8, 4) is 11.1 Å². The van der Waals surface area contributed by atoms with Crippen LogP contribution in [-0.4, -0.2) is 0 Å². The van der Waals surface area contributed by atoms with Crippen LogP contribution in [0.1, 0.15) is 51.0 Å². The van der Waals surface area contributed by atoms with Gasteiger partial charge in [-0.25, -0.2) is 4.57 Å². The van der Waals surface area contributed by atoms with Crippen LogP contribution in [0.2, 0.25) is 0 Å². The number of benzene rings is 1. The lowest BCUT2D eigenvalue weighted by molar-refractivity contribution is -0.671. The van der Waals surface area contributed by atoms with E-state index in [0.29, 0.717) is 0 Å². The molecule has 1 heterocycles. The van der Waals surface area contributed by atoms with Gasteiger partial charge in [-0.2, -0.15) is 0 Å². The molecule has 1 aromatic carbocycles. The largest absolute Gasteiger partial charge is 1.00 e. The highest BCUT2D eigenvalue weighted by molar-refractivity contribution is 5.62. The summed E-state index contributed by atoms with van der Waals surface area (Å²) in [6.45, 7) is 2.27. The zero-order valence-corrected chi connectivity index (χ0v) is 16.1. The Morgan fingerprint density at radius 2 is 1.27 bits per heavy atom. The van der Waals surface area contributed by atoms with E-state index in [-0.39, 0.29) is 24.0 Å². The Kier molecular flexibility index (Phi) is 9.37. The van der Waals surface area contributed by atoms with Crippen molar-refractivity contribution in [3.05, 3.63) is 54.4 Å². The molecule has 0 N–H and O–H groups in total. The van der Waals surface area contributed by atoms with E-state index in [1.165, 1.54) is 61.6 Å². The summed E-state index contributed by atoms with van der Waals surface area (Å²) in [5.74, 6) is 0. The minimum atomic E-state index is 0. The number of nitrogens with zero attached hydrogens (tertiary/aromatic N) is 1. The molecule has 2 heteroatoms. The van der Waals surface area contributed by atoms with E-state index in [2.05, 4.69) is 60.3 Å². The zero-order chi connectivity index (χ0) is 14.9. The van der Waals surface area contributed by atoms with E-state index in [9.17, 15) is 0 Å². The summed E-state index contributed by atoms with van der Waals surface area (Å²) in [5.41, 5.74) is 4.07. The normalized spacial score (nSPS) is 10.3. The number of unbranched alkanes of at least 4 members (excludes halogenated alkanes) is 5. The van der Waals surface area contributed by atoms with Gasteiger partial charge in [-0.05, 0) is 29.5 Å². The molecule has 2 aromatic rings. The van der Waals surface area contributed by atoms with E-state index >= 15 is 0 Å². The van der Waals surface area contributed by atoms with Gasteiger partial charge in [0.2, 0.25) is 0 Å². The molecule has 22 heavy (non-hydrogen) atoms. The number of aromatic nitrogens is 1. The molecular weight excluding hydrogens is 381 g/mol. The Balaban J connectivity index is 0.00000242. The summed E-state index contributed by atoms with van der Waals surface area (Å²) in [7, 11) is 2.05. The van der Waals surface area contributed by atoms with Gasteiger partial charge in [-0.1, -0.05) is 63.3 Å². The van der Waals surface area contributed by atoms with Gasteiger partial charge in [-0.3, -0.25) is 0 Å². The molecule has 0 aliphatic rings. The van der Waals surface area contributed by atoms with E-state index in [4.69, 9.17) is 0 Å². The molecule has 0 aliphatic carbocycles. The first-order valence-corrected chi connectivity index (χ1v) is 8.34. The lowest BCUT2D eigenvalue weighted by Crippen LogP contribution is -3.00. The highest BCUT2D eigenvalue weighted by Gasteiger charge is 2.00. The van der Waals surface area contributed by atoms with Crippen molar-refractivity contribution in [2.45, 2.75) is 51.9 Å². The second-order valence-corrected chi connectivity index (χ2v) is 5.97. The molecule has 0 aliphatic heterocycles. The second-order valence-electron chi connectivity index (χ2n) is 5.97. The minimum Gasteiger partial charge on any atom is -1.00 e. The second kappa shape index (κ2) is 10.8. The first-order valence-electron chi connectivity index (χ1n) is 8.34. The van der Waals surface area contributed by atoms with E-state index < -0.39 is 0 Å². The van der Waals surface area contributed by atoms with Crippen molar-refractivity contribution in [1.82, 2.24) is 0 Å². The number of halogens is 1. The number of rotatable bonds is 8. The highest BCUT2D eigenvalue weighted by atomic mass is 127. The van der Waals surface area contributed by atoms with Gasteiger partial charge in [0.05, 0.1) is 0 Å². The Morgan fingerprint density at radius 1 is 0.727 bits per heavy atom. The molecule has 1 nitrogen and oxygen atoms in total. The number of hydrogen-bond acceptors (Lipinski definition) is 0. The van der Waals surface area contributed by atoms with Gasteiger partial charge in [0, 0.05) is 12.1 Å². The predicted octanol–water partition coefficient (Wildman–Crippen LogP) is 2.09. The smallest absolute Gasteiger partial charge is 0.169 e. The molecular formula is C20H28IN. The van der Waals surface area contributed by atoms with Gasteiger partial charge in [0.15, 0.2) is 12.4 Å². The third kappa shape index (κ3) is 6.47. The van der Waals surface area contributed by atoms with Crippen LogP contribution in [0.25, 0.3) is 11.1 Å². The fraction of sp³-hybridized carbons (Fsp3) is 0.450. The van der Waals surface area contributed by atoms with Gasteiger partial charge in [0.1, 0.15) is 7.05 Å². The summed E-state index contributed by atoms with van der Waals surface area (Å²) in [5, 5.41) is 0. The highest BCUT2D eigenvalue weighted by Crippen LogP contribution is 2.19. The molecule has 2 rings (SSSR count). The van der Waals surface area contributed by atoms with Crippen molar-refractivity contribution in [2.75, 3.05) is 0 Å². The summed E-state index contributed by atoms with van der Waals surface area (Å²) in [6, 6.07) is 13.4. The quantitative estimate of drug-likeness (QED) is 0.357. The monoisotopic (exact) mass is 409 g/mol. The molecule has 1 aromatic heterocycles. The van der Waals surface area contributed by atoms with Crippen LogP contribution in [-0.2, 0) is 13.5 Å². The summed E-state index contributed by atoms with van der Waals surface area (Å²) >= 11 is 0. The van der Waals surface area contributed by atoms with Crippen LogP contribution < -0.4 is 28.5 Å². The summed E-state index contributed by atoms with van der Waals surface area (Å²) in [6.07, 6.45) is 13.6. The fourth-order valence-electron chi connectivity index (χ4n) is 2.67. The van der Waals surface area contributed by atoms with Crippen molar-refractivity contribution in [1.29, 1.82) is 0 Å². The maximum absolute atomic E-state index is 2.29. The average molecular weight is 409 g/mol. The molecule has 0 saturated heterocycles. The third-order valence-electron chi connectivity index (χ3n) is 4.08. The Labute approximate surface area is 152 Å². The fourth-order valence-corrected chi connectivity index (χ4v) is 2.67. The standard InChI is InChI=1S/C20H28N.HI/c1-3-4-5-6-7-8-9-18-10-12-19(13-11-18)20-14-16-21(2)17-15-20;/h10-17H,3-9H2,1-2H3;1H/q+1;/p-1. The van der Waals surface area contributed by atoms with Crippen LogP contribution in [0, 0.1) is 0 Å². The van der Waals surface area contributed by atoms with E-state index in [1.807, 2.05) is 7.05 Å². The van der Waals surface area contributed by atoms with Crippen molar-refractivity contribution < 1.29 is 28.5 Å². The first-order chi connectivity index (χ1) is 10.3. The van der Waals surface area contributed by atoms with E-state index in [0.717, 1.165) is 0 Å². The first kappa shape index (κ1) is 19.1. The zero-order valence-electron chi connectivity index (χ0n) is 13.9. The van der Waals surface area contributed by atoms with Crippen molar-refractivity contribution in [2.24, 2.45) is 7.05 Å². The molecule has 0 unspecified atom stereocenters. The lowest BCUT2D eigenvalue weighted by Gasteiger charge is -2.04. The third-order valence-corrected chi connectivity index (χ3v) is 4.08. The SMILES string of the molecule is CCCCCCCCc1ccc(-c2cc[n+](C)cc2)cc1.[I-]. The summed E-state index contributed by atoms with van der Waals surface area (Å²) < 4.78 is 2.07. The van der Waals surface area contributed by atoms with Crippen LogP contribution in [0.3, 0.4) is 0 Å². The van der Waals surface area contributed by atoms with E-state index in [1.54, 1.807) is 0 Å². The van der Waals surface area contributed by atoms with Crippen LogP contribution in [0.15, 0.2) is 48.8 Å². The molecule has 0 bridgehead atoms. The molecule has 0 atom stereocenters. The Morgan fingerprint density at radius 3 is 1.91 bits per heavy atom. The molecule has 0 radical (unpaired) electrons. The average Bonchev–Trinajstić information content (AvgIpc) is 2.52. The number of aryl methyl sites for hydroxylation is 2. The van der Waals surface area contributed by atoms with Crippen molar-refractivity contribution >= 4 is 0 Å². The van der Waals surface area contributed by atoms with Gasteiger partial charge < -0.3 is 24.0 Å². The minimum absolute atomic E-state index is 0. The molecule has 0 saturated carbocycles. The summed E-state index contributed by atoms with van der Waals surface area (Å²) in [4.78, 5) is 0. The van der Waals surface area contributed by atoms with Gasteiger partial charge in [0.25, 0.3) is 0 Å². The van der Waals surface area contributed by atoms with Crippen LogP contribution >= 0.6 is 0 Å². The molecule has 120 valence electrons. The Hall–Kier alpha value is -0.900. The maximum Gasteiger partial charge on any atom is 0.169 e. The molecule has 0 fully saturated rings. The predicted molar refractivity (Wildman–Crippen MR) is 90.1 cm³/mol.